The minimum Gasteiger partial charge on any atom is -0.394 e. The molecule has 1 aliphatic rings. The molecule has 84 valence electrons. The lowest BCUT2D eigenvalue weighted by molar-refractivity contribution is 0.142. The van der Waals surface area contributed by atoms with Gasteiger partial charge < -0.3 is 10.4 Å². The summed E-state index contributed by atoms with van der Waals surface area (Å²) in [5, 5.41) is 12.7. The highest BCUT2D eigenvalue weighted by molar-refractivity contribution is 4.86. The molecule has 0 aromatic rings. The number of hydrogen-bond donors (Lipinski definition) is 2. The molecule has 0 heterocycles. The molecule has 0 saturated heterocycles. The Balaban J connectivity index is 2.40. The van der Waals surface area contributed by atoms with Gasteiger partial charge >= 0.3 is 0 Å². The molecule has 0 amide bonds. The molecule has 1 saturated carbocycles. The van der Waals surface area contributed by atoms with Gasteiger partial charge in [-0.2, -0.15) is 0 Å². The SMILES string of the molecule is CC1CCC(NC(C)(C)CO)CC1C. The van der Waals surface area contributed by atoms with E-state index < -0.39 is 0 Å². The van der Waals surface area contributed by atoms with E-state index in [-0.39, 0.29) is 12.1 Å². The van der Waals surface area contributed by atoms with Gasteiger partial charge in [-0.15, -0.1) is 0 Å². The Morgan fingerprint density at radius 3 is 2.36 bits per heavy atom. The van der Waals surface area contributed by atoms with Gasteiger partial charge in [-0.25, -0.2) is 0 Å². The summed E-state index contributed by atoms with van der Waals surface area (Å²) in [5.41, 5.74) is -0.120. The van der Waals surface area contributed by atoms with Crippen molar-refractivity contribution in [1.82, 2.24) is 5.32 Å². The molecular weight excluding hydrogens is 174 g/mol. The van der Waals surface area contributed by atoms with E-state index in [4.69, 9.17) is 0 Å². The molecule has 14 heavy (non-hydrogen) atoms. The van der Waals surface area contributed by atoms with E-state index in [0.29, 0.717) is 6.04 Å². The van der Waals surface area contributed by atoms with Gasteiger partial charge in [0.1, 0.15) is 0 Å². The summed E-state index contributed by atoms with van der Waals surface area (Å²) in [4.78, 5) is 0. The molecule has 0 bridgehead atoms. The third kappa shape index (κ3) is 3.25. The lowest BCUT2D eigenvalue weighted by Gasteiger charge is -2.37. The fourth-order valence-corrected chi connectivity index (χ4v) is 2.28. The fraction of sp³-hybridized carbons (Fsp3) is 1.00. The molecule has 0 radical (unpaired) electrons. The third-order valence-electron chi connectivity index (χ3n) is 3.59. The van der Waals surface area contributed by atoms with Crippen molar-refractivity contribution in [3.8, 4) is 0 Å². The molecule has 1 fully saturated rings. The highest BCUT2D eigenvalue weighted by Crippen LogP contribution is 2.30. The van der Waals surface area contributed by atoms with Gasteiger partial charge in [0, 0.05) is 11.6 Å². The van der Waals surface area contributed by atoms with Gasteiger partial charge in [0.25, 0.3) is 0 Å². The molecule has 2 heteroatoms. The van der Waals surface area contributed by atoms with Crippen molar-refractivity contribution < 1.29 is 5.11 Å². The van der Waals surface area contributed by atoms with Crippen LogP contribution < -0.4 is 5.32 Å². The van der Waals surface area contributed by atoms with Crippen LogP contribution in [0.4, 0.5) is 0 Å². The summed E-state index contributed by atoms with van der Waals surface area (Å²) >= 11 is 0. The maximum absolute atomic E-state index is 9.18. The molecule has 3 unspecified atom stereocenters. The van der Waals surface area contributed by atoms with E-state index in [1.807, 2.05) is 0 Å². The Labute approximate surface area is 88.1 Å². The average Bonchev–Trinajstić information content (AvgIpc) is 2.11. The summed E-state index contributed by atoms with van der Waals surface area (Å²) in [6.45, 7) is 9.03. The zero-order valence-corrected chi connectivity index (χ0v) is 10.0. The maximum Gasteiger partial charge on any atom is 0.0607 e. The van der Waals surface area contributed by atoms with Gasteiger partial charge in [0.15, 0.2) is 0 Å². The average molecular weight is 199 g/mol. The molecule has 1 rings (SSSR count). The van der Waals surface area contributed by atoms with Crippen LogP contribution in [0.5, 0.6) is 0 Å². The zero-order valence-electron chi connectivity index (χ0n) is 10.0. The second-order valence-corrected chi connectivity index (χ2v) is 5.65. The van der Waals surface area contributed by atoms with Gasteiger partial charge in [-0.05, 0) is 44.9 Å². The van der Waals surface area contributed by atoms with Crippen LogP contribution in [0.25, 0.3) is 0 Å². The predicted molar refractivity (Wildman–Crippen MR) is 60.3 cm³/mol. The normalized spacial score (nSPS) is 34.5. The van der Waals surface area contributed by atoms with Crippen LogP contribution in [0, 0.1) is 11.8 Å². The standard InChI is InChI=1S/C12H25NO/c1-9-5-6-11(7-10(9)2)13-12(3,4)8-14/h9-11,13-14H,5-8H2,1-4H3. The predicted octanol–water partition coefficient (Wildman–Crippen LogP) is 2.17. The lowest BCUT2D eigenvalue weighted by Crippen LogP contribution is -2.50. The van der Waals surface area contributed by atoms with Crippen LogP contribution in [0.15, 0.2) is 0 Å². The van der Waals surface area contributed by atoms with E-state index in [2.05, 4.69) is 33.0 Å². The van der Waals surface area contributed by atoms with Crippen LogP contribution in [0.1, 0.15) is 47.0 Å². The van der Waals surface area contributed by atoms with Gasteiger partial charge in [-0.3, -0.25) is 0 Å². The molecule has 0 aromatic heterocycles. The summed E-state index contributed by atoms with van der Waals surface area (Å²) in [6, 6.07) is 0.600. The first-order valence-corrected chi connectivity index (χ1v) is 5.83. The number of nitrogens with one attached hydrogen (secondary N) is 1. The third-order valence-corrected chi connectivity index (χ3v) is 3.59. The molecule has 1 aliphatic carbocycles. The van der Waals surface area contributed by atoms with Crippen LogP contribution in [-0.4, -0.2) is 23.3 Å². The summed E-state index contributed by atoms with van der Waals surface area (Å²) in [5.74, 6) is 1.68. The van der Waals surface area contributed by atoms with Crippen molar-refractivity contribution >= 4 is 0 Å². The maximum atomic E-state index is 9.18. The van der Waals surface area contributed by atoms with Crippen LogP contribution in [0.3, 0.4) is 0 Å². The smallest absolute Gasteiger partial charge is 0.0607 e. The number of rotatable bonds is 3. The van der Waals surface area contributed by atoms with Crippen LogP contribution >= 0.6 is 0 Å². The number of hydrogen-bond acceptors (Lipinski definition) is 2. The van der Waals surface area contributed by atoms with Crippen molar-refractivity contribution in [2.75, 3.05) is 6.61 Å². The van der Waals surface area contributed by atoms with E-state index in [9.17, 15) is 5.11 Å². The Kier molecular flexibility index (Phi) is 3.96. The molecule has 2 nitrogen and oxygen atoms in total. The van der Waals surface area contributed by atoms with Gasteiger partial charge in [0.05, 0.1) is 6.61 Å². The second kappa shape index (κ2) is 4.63. The van der Waals surface area contributed by atoms with E-state index in [1.165, 1.54) is 19.3 Å². The van der Waals surface area contributed by atoms with E-state index in [1.54, 1.807) is 0 Å². The first-order chi connectivity index (χ1) is 6.44. The number of aliphatic hydroxyl groups is 1. The van der Waals surface area contributed by atoms with E-state index in [0.717, 1.165) is 11.8 Å². The van der Waals surface area contributed by atoms with Crippen LogP contribution in [0.2, 0.25) is 0 Å². The monoisotopic (exact) mass is 199 g/mol. The van der Waals surface area contributed by atoms with Gasteiger partial charge in [0.2, 0.25) is 0 Å². The van der Waals surface area contributed by atoms with Gasteiger partial charge in [-0.1, -0.05) is 13.8 Å². The van der Waals surface area contributed by atoms with Crippen molar-refractivity contribution in [3.05, 3.63) is 0 Å². The minimum absolute atomic E-state index is 0.120. The quantitative estimate of drug-likeness (QED) is 0.730. The molecule has 2 N–H and O–H groups in total. The Morgan fingerprint density at radius 2 is 1.86 bits per heavy atom. The topological polar surface area (TPSA) is 32.3 Å². The second-order valence-electron chi connectivity index (χ2n) is 5.65. The molecule has 3 atom stereocenters. The summed E-state index contributed by atoms with van der Waals surface area (Å²) < 4.78 is 0. The Bertz CT molecular complexity index is 179. The minimum atomic E-state index is -0.120. The number of aliphatic hydroxyl groups excluding tert-OH is 1. The van der Waals surface area contributed by atoms with Crippen molar-refractivity contribution in [2.45, 2.75) is 58.5 Å². The van der Waals surface area contributed by atoms with E-state index >= 15 is 0 Å². The first-order valence-electron chi connectivity index (χ1n) is 5.83. The molecule has 0 spiro atoms. The molecule has 0 aromatic carbocycles. The molecule has 0 aliphatic heterocycles. The highest BCUT2D eigenvalue weighted by atomic mass is 16.3. The molecular formula is C12H25NO. The highest BCUT2D eigenvalue weighted by Gasteiger charge is 2.28. The Hall–Kier alpha value is -0.0800. The summed E-state index contributed by atoms with van der Waals surface area (Å²) in [6.07, 6.45) is 3.83. The largest absolute Gasteiger partial charge is 0.394 e. The zero-order chi connectivity index (χ0) is 10.8. The van der Waals surface area contributed by atoms with Crippen molar-refractivity contribution in [3.63, 3.8) is 0 Å². The Morgan fingerprint density at radius 1 is 1.21 bits per heavy atom. The lowest BCUT2D eigenvalue weighted by atomic mass is 9.78. The first kappa shape index (κ1) is 12.0. The van der Waals surface area contributed by atoms with Crippen LogP contribution in [-0.2, 0) is 0 Å². The van der Waals surface area contributed by atoms with Crippen molar-refractivity contribution in [2.24, 2.45) is 11.8 Å². The summed E-state index contributed by atoms with van der Waals surface area (Å²) in [7, 11) is 0. The van der Waals surface area contributed by atoms with Crippen molar-refractivity contribution in [1.29, 1.82) is 0 Å². The fourth-order valence-electron chi connectivity index (χ4n) is 2.28.